The summed E-state index contributed by atoms with van der Waals surface area (Å²) < 4.78 is 13.4. The smallest absolute Gasteiger partial charge is 0.137 e. The van der Waals surface area contributed by atoms with Crippen LogP contribution in [0.25, 0.3) is 0 Å². The molecule has 0 aliphatic heterocycles. The van der Waals surface area contributed by atoms with Crippen molar-refractivity contribution in [1.82, 2.24) is 0 Å². The molecule has 0 saturated heterocycles. The van der Waals surface area contributed by atoms with Gasteiger partial charge in [0.1, 0.15) is 5.82 Å². The van der Waals surface area contributed by atoms with Gasteiger partial charge in [0, 0.05) is 0 Å². The molecular weight excluding hydrogens is 233 g/mol. The zero-order chi connectivity index (χ0) is 9.84. The summed E-state index contributed by atoms with van der Waals surface area (Å²) in [4.78, 5) is 0. The molecule has 0 amide bonds. The predicted molar refractivity (Wildman–Crippen MR) is 56.0 cm³/mol. The van der Waals surface area contributed by atoms with E-state index in [1.807, 2.05) is 6.07 Å². The molecule has 2 N–H and O–H groups in total. The van der Waals surface area contributed by atoms with Crippen molar-refractivity contribution in [3.63, 3.8) is 0 Å². The Hall–Kier alpha value is -0.410. The van der Waals surface area contributed by atoms with E-state index in [2.05, 4.69) is 22.9 Å². The summed E-state index contributed by atoms with van der Waals surface area (Å²) in [6.07, 6.45) is 0.898. The van der Waals surface area contributed by atoms with Gasteiger partial charge in [0.15, 0.2) is 0 Å². The van der Waals surface area contributed by atoms with Crippen LogP contribution in [0.1, 0.15) is 12.5 Å². The Balaban J connectivity index is 2.73. The molecule has 0 aliphatic carbocycles. The molecule has 0 bridgehead atoms. The largest absolute Gasteiger partial charge is 0.330 e. The van der Waals surface area contributed by atoms with Gasteiger partial charge in [-0.3, -0.25) is 0 Å². The van der Waals surface area contributed by atoms with E-state index in [1.54, 1.807) is 6.07 Å². The Morgan fingerprint density at radius 3 is 2.77 bits per heavy atom. The van der Waals surface area contributed by atoms with E-state index in [-0.39, 0.29) is 5.82 Å². The lowest BCUT2D eigenvalue weighted by Crippen LogP contribution is -2.13. The van der Waals surface area contributed by atoms with Gasteiger partial charge >= 0.3 is 0 Å². The monoisotopic (exact) mass is 245 g/mol. The lowest BCUT2D eigenvalue weighted by Gasteiger charge is -2.08. The molecule has 1 aromatic carbocycles. The summed E-state index contributed by atoms with van der Waals surface area (Å²) in [6, 6.07) is 5.08. The fourth-order valence-electron chi connectivity index (χ4n) is 1.15. The van der Waals surface area contributed by atoms with Gasteiger partial charge in [0.25, 0.3) is 0 Å². The minimum atomic E-state index is -0.218. The lowest BCUT2D eigenvalue weighted by atomic mass is 10.0. The van der Waals surface area contributed by atoms with Crippen molar-refractivity contribution >= 4 is 15.9 Å². The third-order valence-electron chi connectivity index (χ3n) is 1.97. The van der Waals surface area contributed by atoms with Crippen molar-refractivity contribution in [2.75, 3.05) is 6.54 Å². The van der Waals surface area contributed by atoms with E-state index in [0.29, 0.717) is 16.9 Å². The average Bonchev–Trinajstić information content (AvgIpc) is 2.11. The van der Waals surface area contributed by atoms with Crippen LogP contribution >= 0.6 is 15.9 Å². The standard InChI is InChI=1S/C10H13BrFN/c1-7(6-13)4-8-2-3-10(12)9(11)5-8/h2-3,5,7H,4,6,13H2,1H3. The number of benzene rings is 1. The molecule has 1 unspecified atom stereocenters. The maximum absolute atomic E-state index is 12.8. The zero-order valence-corrected chi connectivity index (χ0v) is 9.14. The molecule has 0 fully saturated rings. The van der Waals surface area contributed by atoms with Gasteiger partial charge in [0.05, 0.1) is 4.47 Å². The highest BCUT2D eigenvalue weighted by atomic mass is 79.9. The van der Waals surface area contributed by atoms with Crippen molar-refractivity contribution in [2.24, 2.45) is 11.7 Å². The van der Waals surface area contributed by atoms with Crippen LogP contribution in [0.3, 0.4) is 0 Å². The number of nitrogens with two attached hydrogens (primary N) is 1. The van der Waals surface area contributed by atoms with Crippen molar-refractivity contribution in [3.8, 4) is 0 Å². The first kappa shape index (κ1) is 10.7. The Morgan fingerprint density at radius 1 is 1.54 bits per heavy atom. The molecule has 13 heavy (non-hydrogen) atoms. The van der Waals surface area contributed by atoms with Crippen LogP contribution in [0.2, 0.25) is 0 Å². The maximum Gasteiger partial charge on any atom is 0.137 e. The summed E-state index contributed by atoms with van der Waals surface area (Å²) in [5, 5.41) is 0. The van der Waals surface area contributed by atoms with Crippen molar-refractivity contribution in [3.05, 3.63) is 34.1 Å². The van der Waals surface area contributed by atoms with Gasteiger partial charge in [-0.25, -0.2) is 4.39 Å². The first-order valence-electron chi connectivity index (χ1n) is 4.27. The Labute approximate surface area is 86.3 Å². The zero-order valence-electron chi connectivity index (χ0n) is 7.56. The maximum atomic E-state index is 12.8. The summed E-state index contributed by atoms with van der Waals surface area (Å²) >= 11 is 3.15. The van der Waals surface area contributed by atoms with E-state index >= 15 is 0 Å². The molecule has 1 aromatic rings. The first-order valence-corrected chi connectivity index (χ1v) is 5.06. The molecule has 3 heteroatoms. The average molecular weight is 246 g/mol. The second-order valence-corrected chi connectivity index (χ2v) is 4.15. The number of halogens is 2. The van der Waals surface area contributed by atoms with E-state index in [4.69, 9.17) is 5.73 Å². The van der Waals surface area contributed by atoms with Crippen molar-refractivity contribution in [1.29, 1.82) is 0 Å². The van der Waals surface area contributed by atoms with Gasteiger partial charge in [-0.05, 0) is 52.5 Å². The van der Waals surface area contributed by atoms with Crippen molar-refractivity contribution < 1.29 is 4.39 Å². The van der Waals surface area contributed by atoms with Crippen LogP contribution in [0.4, 0.5) is 4.39 Å². The van der Waals surface area contributed by atoms with Crippen LogP contribution < -0.4 is 5.73 Å². The molecule has 1 nitrogen and oxygen atoms in total. The van der Waals surface area contributed by atoms with Crippen LogP contribution in [0.5, 0.6) is 0 Å². The number of hydrogen-bond donors (Lipinski definition) is 1. The van der Waals surface area contributed by atoms with Crippen LogP contribution in [0.15, 0.2) is 22.7 Å². The molecule has 0 radical (unpaired) electrons. The normalized spacial score (nSPS) is 12.9. The van der Waals surface area contributed by atoms with Gasteiger partial charge in [-0.2, -0.15) is 0 Å². The van der Waals surface area contributed by atoms with E-state index in [1.165, 1.54) is 6.07 Å². The highest BCUT2D eigenvalue weighted by molar-refractivity contribution is 9.10. The fourth-order valence-corrected chi connectivity index (χ4v) is 1.58. The molecule has 0 saturated carbocycles. The van der Waals surface area contributed by atoms with Crippen LogP contribution in [0, 0.1) is 11.7 Å². The van der Waals surface area contributed by atoms with Gasteiger partial charge in [-0.1, -0.05) is 13.0 Å². The highest BCUT2D eigenvalue weighted by Crippen LogP contribution is 2.18. The molecule has 0 spiro atoms. The molecule has 0 aromatic heterocycles. The third-order valence-corrected chi connectivity index (χ3v) is 2.58. The molecule has 0 heterocycles. The van der Waals surface area contributed by atoms with Crippen LogP contribution in [-0.4, -0.2) is 6.54 Å². The van der Waals surface area contributed by atoms with Gasteiger partial charge < -0.3 is 5.73 Å². The summed E-state index contributed by atoms with van der Waals surface area (Å²) in [5.41, 5.74) is 6.62. The first-order chi connectivity index (χ1) is 6.13. The quantitative estimate of drug-likeness (QED) is 0.871. The Kier molecular flexibility index (Phi) is 3.88. The summed E-state index contributed by atoms with van der Waals surface area (Å²) in [7, 11) is 0. The van der Waals surface area contributed by atoms with Gasteiger partial charge in [-0.15, -0.1) is 0 Å². The second-order valence-electron chi connectivity index (χ2n) is 3.29. The Morgan fingerprint density at radius 2 is 2.23 bits per heavy atom. The minimum absolute atomic E-state index is 0.218. The highest BCUT2D eigenvalue weighted by Gasteiger charge is 2.04. The third kappa shape index (κ3) is 3.08. The lowest BCUT2D eigenvalue weighted by molar-refractivity contribution is 0.588. The molecular formula is C10H13BrFN. The van der Waals surface area contributed by atoms with E-state index in [9.17, 15) is 4.39 Å². The van der Waals surface area contributed by atoms with E-state index in [0.717, 1.165) is 12.0 Å². The molecule has 72 valence electrons. The second kappa shape index (κ2) is 4.72. The topological polar surface area (TPSA) is 26.0 Å². The Bertz CT molecular complexity index is 288. The summed E-state index contributed by atoms with van der Waals surface area (Å²) in [5.74, 6) is 0.224. The van der Waals surface area contributed by atoms with Crippen molar-refractivity contribution in [2.45, 2.75) is 13.3 Å². The number of rotatable bonds is 3. The molecule has 1 atom stereocenters. The minimum Gasteiger partial charge on any atom is -0.330 e. The summed E-state index contributed by atoms with van der Waals surface area (Å²) in [6.45, 7) is 2.74. The fraction of sp³-hybridized carbons (Fsp3) is 0.400. The molecule has 1 rings (SSSR count). The van der Waals surface area contributed by atoms with Crippen LogP contribution in [-0.2, 0) is 6.42 Å². The van der Waals surface area contributed by atoms with E-state index < -0.39 is 0 Å². The number of hydrogen-bond acceptors (Lipinski definition) is 1. The molecule has 0 aliphatic rings. The SMILES string of the molecule is CC(CN)Cc1ccc(F)c(Br)c1. The van der Waals surface area contributed by atoms with Gasteiger partial charge in [0.2, 0.25) is 0 Å². The predicted octanol–water partition coefficient (Wildman–Crippen LogP) is 2.73.